The van der Waals surface area contributed by atoms with Crippen LogP contribution in [0.3, 0.4) is 0 Å². The lowest BCUT2D eigenvalue weighted by molar-refractivity contribution is 0.276. The molecule has 21 heavy (non-hydrogen) atoms. The highest BCUT2D eigenvalue weighted by molar-refractivity contribution is 7.89. The molecule has 1 fully saturated rings. The summed E-state index contributed by atoms with van der Waals surface area (Å²) in [7, 11) is -3.85. The zero-order chi connectivity index (χ0) is 15.6. The van der Waals surface area contributed by atoms with E-state index >= 15 is 0 Å². The molecular formula is C14H20F2N2O2S. The number of hydrogen-bond acceptors (Lipinski definition) is 3. The fraction of sp³-hybridized carbons (Fsp3) is 0.571. The van der Waals surface area contributed by atoms with Gasteiger partial charge in [0, 0.05) is 12.6 Å². The minimum atomic E-state index is -3.85. The molecule has 0 bridgehead atoms. The van der Waals surface area contributed by atoms with E-state index in [4.69, 9.17) is 5.73 Å². The highest BCUT2D eigenvalue weighted by atomic mass is 32.2. The van der Waals surface area contributed by atoms with Gasteiger partial charge in [0.2, 0.25) is 10.0 Å². The van der Waals surface area contributed by atoms with E-state index in [9.17, 15) is 17.2 Å². The quantitative estimate of drug-likeness (QED) is 0.904. The Hall–Kier alpha value is -1.05. The van der Waals surface area contributed by atoms with Crippen LogP contribution in [0.4, 0.5) is 8.78 Å². The van der Waals surface area contributed by atoms with E-state index in [1.165, 1.54) is 4.31 Å². The second-order valence-electron chi connectivity index (χ2n) is 5.28. The molecule has 1 aliphatic carbocycles. The number of hydrogen-bond donors (Lipinski definition) is 1. The van der Waals surface area contributed by atoms with Gasteiger partial charge in [0.05, 0.1) is 4.90 Å². The van der Waals surface area contributed by atoms with E-state index in [1.807, 2.05) is 0 Å². The van der Waals surface area contributed by atoms with E-state index in [0.717, 1.165) is 37.5 Å². The third-order valence-corrected chi connectivity index (χ3v) is 6.10. The van der Waals surface area contributed by atoms with Crippen molar-refractivity contribution in [2.45, 2.75) is 37.1 Å². The van der Waals surface area contributed by atoms with Gasteiger partial charge >= 0.3 is 0 Å². The van der Waals surface area contributed by atoms with Gasteiger partial charge in [-0.1, -0.05) is 13.3 Å². The summed E-state index contributed by atoms with van der Waals surface area (Å²) in [6.45, 7) is 2.44. The third kappa shape index (κ3) is 3.09. The lowest BCUT2D eigenvalue weighted by atomic mass is 10.0. The molecule has 0 heterocycles. The SMILES string of the molecule is CCN(C1CCCC1CN)S(=O)(=O)c1ccc(F)c(F)c1. The Balaban J connectivity index is 2.37. The average Bonchev–Trinajstić information content (AvgIpc) is 2.90. The minimum absolute atomic E-state index is 0.116. The number of rotatable bonds is 5. The van der Waals surface area contributed by atoms with Gasteiger partial charge < -0.3 is 5.73 Å². The van der Waals surface area contributed by atoms with Crippen molar-refractivity contribution in [3.05, 3.63) is 29.8 Å². The summed E-state index contributed by atoms with van der Waals surface area (Å²) in [5, 5.41) is 0. The minimum Gasteiger partial charge on any atom is -0.330 e. The van der Waals surface area contributed by atoms with Gasteiger partial charge in [-0.05, 0) is 43.5 Å². The van der Waals surface area contributed by atoms with Crippen LogP contribution in [-0.2, 0) is 10.0 Å². The van der Waals surface area contributed by atoms with Gasteiger partial charge in [-0.3, -0.25) is 0 Å². The average molecular weight is 318 g/mol. The molecular weight excluding hydrogens is 298 g/mol. The molecule has 2 rings (SSSR count). The van der Waals surface area contributed by atoms with Gasteiger partial charge in [0.1, 0.15) is 0 Å². The van der Waals surface area contributed by atoms with Crippen molar-refractivity contribution in [3.63, 3.8) is 0 Å². The summed E-state index contributed by atoms with van der Waals surface area (Å²) in [6, 6.07) is 2.51. The van der Waals surface area contributed by atoms with Crippen LogP contribution in [0.2, 0.25) is 0 Å². The molecule has 0 radical (unpaired) electrons. The monoisotopic (exact) mass is 318 g/mol. The van der Waals surface area contributed by atoms with Gasteiger partial charge in [0.25, 0.3) is 0 Å². The van der Waals surface area contributed by atoms with E-state index in [0.29, 0.717) is 6.54 Å². The summed E-state index contributed by atoms with van der Waals surface area (Å²) in [5.41, 5.74) is 5.71. The van der Waals surface area contributed by atoms with Crippen molar-refractivity contribution in [2.24, 2.45) is 11.7 Å². The lowest BCUT2D eigenvalue weighted by Gasteiger charge is -2.30. The van der Waals surface area contributed by atoms with Crippen LogP contribution < -0.4 is 5.73 Å². The first-order valence-corrected chi connectivity index (χ1v) is 8.52. The molecule has 0 spiro atoms. The molecule has 0 saturated heterocycles. The number of halogens is 2. The van der Waals surface area contributed by atoms with Crippen molar-refractivity contribution < 1.29 is 17.2 Å². The molecule has 1 aliphatic rings. The fourth-order valence-electron chi connectivity index (χ4n) is 3.03. The van der Waals surface area contributed by atoms with E-state index < -0.39 is 21.7 Å². The van der Waals surface area contributed by atoms with E-state index in [1.54, 1.807) is 6.92 Å². The number of nitrogens with two attached hydrogens (primary N) is 1. The summed E-state index contributed by atoms with van der Waals surface area (Å²) >= 11 is 0. The van der Waals surface area contributed by atoms with Crippen molar-refractivity contribution in [1.29, 1.82) is 0 Å². The van der Waals surface area contributed by atoms with Crippen molar-refractivity contribution in [1.82, 2.24) is 4.31 Å². The predicted molar refractivity (Wildman–Crippen MR) is 76.1 cm³/mol. The first kappa shape index (κ1) is 16.3. The highest BCUT2D eigenvalue weighted by Gasteiger charge is 2.37. The van der Waals surface area contributed by atoms with Gasteiger partial charge in [0.15, 0.2) is 11.6 Å². The zero-order valence-electron chi connectivity index (χ0n) is 11.9. The molecule has 0 aromatic heterocycles. The molecule has 1 saturated carbocycles. The van der Waals surface area contributed by atoms with Gasteiger partial charge in [-0.25, -0.2) is 17.2 Å². The van der Waals surface area contributed by atoms with Crippen LogP contribution in [0.5, 0.6) is 0 Å². The smallest absolute Gasteiger partial charge is 0.243 e. The Morgan fingerprint density at radius 1 is 1.29 bits per heavy atom. The molecule has 1 aromatic carbocycles. The first-order chi connectivity index (χ1) is 9.91. The Kier molecular flexibility index (Phi) is 4.95. The Bertz CT molecular complexity index is 607. The maximum Gasteiger partial charge on any atom is 0.243 e. The Morgan fingerprint density at radius 2 is 2.00 bits per heavy atom. The lowest BCUT2D eigenvalue weighted by Crippen LogP contribution is -2.44. The summed E-state index contributed by atoms with van der Waals surface area (Å²) < 4.78 is 53.0. The molecule has 2 unspecified atom stereocenters. The van der Waals surface area contributed by atoms with Crippen LogP contribution in [0.25, 0.3) is 0 Å². The van der Waals surface area contributed by atoms with Crippen molar-refractivity contribution in [3.8, 4) is 0 Å². The molecule has 4 nitrogen and oxygen atoms in total. The van der Waals surface area contributed by atoms with Crippen LogP contribution in [0, 0.1) is 17.6 Å². The van der Waals surface area contributed by atoms with E-state index in [-0.39, 0.29) is 23.4 Å². The van der Waals surface area contributed by atoms with Crippen LogP contribution >= 0.6 is 0 Å². The molecule has 2 atom stereocenters. The Labute approximate surface area is 124 Å². The van der Waals surface area contributed by atoms with Crippen molar-refractivity contribution >= 4 is 10.0 Å². The van der Waals surface area contributed by atoms with Crippen LogP contribution in [0.1, 0.15) is 26.2 Å². The number of nitrogens with zero attached hydrogens (tertiary/aromatic N) is 1. The van der Waals surface area contributed by atoms with Crippen molar-refractivity contribution in [2.75, 3.05) is 13.1 Å². The predicted octanol–water partition coefficient (Wildman–Crippen LogP) is 2.10. The maximum atomic E-state index is 13.3. The number of benzene rings is 1. The first-order valence-electron chi connectivity index (χ1n) is 7.08. The Morgan fingerprint density at radius 3 is 2.57 bits per heavy atom. The molecule has 7 heteroatoms. The van der Waals surface area contributed by atoms with Gasteiger partial charge in [-0.2, -0.15) is 4.31 Å². The summed E-state index contributed by atoms with van der Waals surface area (Å²) in [6.07, 6.45) is 2.57. The van der Waals surface area contributed by atoms with Gasteiger partial charge in [-0.15, -0.1) is 0 Å². The molecule has 1 aromatic rings. The fourth-order valence-corrected chi connectivity index (χ4v) is 4.76. The normalized spacial score (nSPS) is 22.9. The summed E-state index contributed by atoms with van der Waals surface area (Å²) in [4.78, 5) is -0.217. The van der Waals surface area contributed by atoms with Crippen LogP contribution in [0.15, 0.2) is 23.1 Å². The molecule has 0 amide bonds. The molecule has 118 valence electrons. The topological polar surface area (TPSA) is 63.4 Å². The third-order valence-electron chi connectivity index (χ3n) is 4.10. The second-order valence-corrected chi connectivity index (χ2v) is 7.17. The highest BCUT2D eigenvalue weighted by Crippen LogP contribution is 2.32. The molecule has 2 N–H and O–H groups in total. The summed E-state index contributed by atoms with van der Waals surface area (Å²) in [5.74, 6) is -2.10. The van der Waals surface area contributed by atoms with E-state index in [2.05, 4.69) is 0 Å². The zero-order valence-corrected chi connectivity index (χ0v) is 12.7. The maximum absolute atomic E-state index is 13.3. The second kappa shape index (κ2) is 6.37. The number of sulfonamides is 1. The molecule has 0 aliphatic heterocycles. The van der Waals surface area contributed by atoms with Crippen LogP contribution in [-0.4, -0.2) is 31.9 Å². The standard InChI is InChI=1S/C14H20F2N2O2S/c1-2-18(14-5-3-4-10(14)9-17)21(19,20)11-6-7-12(15)13(16)8-11/h6-8,10,14H,2-5,9,17H2,1H3. The largest absolute Gasteiger partial charge is 0.330 e.